The van der Waals surface area contributed by atoms with Gasteiger partial charge in [0.25, 0.3) is 6.01 Å². The third kappa shape index (κ3) is 1.91. The predicted molar refractivity (Wildman–Crippen MR) is 78.1 cm³/mol. The van der Waals surface area contributed by atoms with E-state index in [0.29, 0.717) is 11.0 Å². The van der Waals surface area contributed by atoms with Gasteiger partial charge in [0.2, 0.25) is 0 Å². The highest BCUT2D eigenvalue weighted by Gasteiger charge is 2.21. The van der Waals surface area contributed by atoms with Gasteiger partial charge in [-0.25, -0.2) is 0 Å². The van der Waals surface area contributed by atoms with Crippen molar-refractivity contribution in [2.75, 3.05) is 11.4 Å². The molecule has 1 aliphatic heterocycles. The van der Waals surface area contributed by atoms with E-state index in [9.17, 15) is 0 Å². The number of benzene rings is 1. The van der Waals surface area contributed by atoms with Gasteiger partial charge in [-0.2, -0.15) is 4.98 Å². The van der Waals surface area contributed by atoms with E-state index in [1.165, 1.54) is 10.4 Å². The summed E-state index contributed by atoms with van der Waals surface area (Å²) < 4.78 is 5.81. The number of hydrogen-bond acceptors (Lipinski definition) is 4. The Labute approximate surface area is 119 Å². The van der Waals surface area contributed by atoms with Crippen LogP contribution < -0.4 is 4.90 Å². The fourth-order valence-electron chi connectivity index (χ4n) is 2.44. The summed E-state index contributed by atoms with van der Waals surface area (Å²) in [6.07, 6.45) is 1.06. The Bertz CT molecular complexity index is 749. The molecule has 0 atom stereocenters. The number of anilines is 1. The van der Waals surface area contributed by atoms with Gasteiger partial charge < -0.3 is 9.32 Å². The molecule has 96 valence electrons. The third-order valence-electron chi connectivity index (χ3n) is 3.42. The topological polar surface area (TPSA) is 29.3 Å². The minimum absolute atomic E-state index is 0.686. The molecule has 0 radical (unpaired) electrons. The lowest BCUT2D eigenvalue weighted by atomic mass is 10.1. The lowest BCUT2D eigenvalue weighted by molar-refractivity contribution is 0.556. The zero-order valence-electron chi connectivity index (χ0n) is 10.1. The van der Waals surface area contributed by atoms with Crippen molar-refractivity contribution in [3.05, 3.63) is 45.1 Å². The van der Waals surface area contributed by atoms with Crippen molar-refractivity contribution >= 4 is 40.1 Å². The molecule has 0 spiro atoms. The Kier molecular flexibility index (Phi) is 2.53. The van der Waals surface area contributed by atoms with Gasteiger partial charge in [0.15, 0.2) is 5.58 Å². The molecule has 19 heavy (non-hydrogen) atoms. The summed E-state index contributed by atoms with van der Waals surface area (Å²) in [6.45, 7) is 1.83. The SMILES string of the molecule is Clc1ccc2oc(N3CCc4sccc4C3)nc2c1. The second kappa shape index (κ2) is 4.25. The van der Waals surface area contributed by atoms with Crippen LogP contribution in [0.4, 0.5) is 6.01 Å². The van der Waals surface area contributed by atoms with Crippen LogP contribution in [-0.2, 0) is 13.0 Å². The molecule has 0 bridgehead atoms. The smallest absolute Gasteiger partial charge is 0.298 e. The van der Waals surface area contributed by atoms with E-state index in [2.05, 4.69) is 21.3 Å². The zero-order valence-corrected chi connectivity index (χ0v) is 11.7. The van der Waals surface area contributed by atoms with Crippen LogP contribution in [0, 0.1) is 0 Å². The summed E-state index contributed by atoms with van der Waals surface area (Å²) in [5, 5.41) is 2.84. The molecule has 0 aliphatic carbocycles. The molecule has 5 heteroatoms. The fourth-order valence-corrected chi connectivity index (χ4v) is 3.49. The minimum atomic E-state index is 0.686. The van der Waals surface area contributed by atoms with Crippen molar-refractivity contribution in [3.63, 3.8) is 0 Å². The molecule has 0 fully saturated rings. The van der Waals surface area contributed by atoms with Gasteiger partial charge in [0.05, 0.1) is 0 Å². The van der Waals surface area contributed by atoms with Crippen molar-refractivity contribution in [1.29, 1.82) is 0 Å². The molecule has 1 aliphatic rings. The average Bonchev–Trinajstić information content (AvgIpc) is 3.02. The first-order valence-electron chi connectivity index (χ1n) is 6.16. The largest absolute Gasteiger partial charge is 0.423 e. The van der Waals surface area contributed by atoms with E-state index >= 15 is 0 Å². The maximum absolute atomic E-state index is 5.97. The van der Waals surface area contributed by atoms with Gasteiger partial charge >= 0.3 is 0 Å². The average molecular weight is 291 g/mol. The van der Waals surface area contributed by atoms with Crippen LogP contribution >= 0.6 is 22.9 Å². The quantitative estimate of drug-likeness (QED) is 0.675. The summed E-state index contributed by atoms with van der Waals surface area (Å²) in [5.74, 6) is 0. The normalized spacial score (nSPS) is 14.9. The van der Waals surface area contributed by atoms with Gasteiger partial charge in [-0.05, 0) is 41.6 Å². The molecule has 1 aromatic carbocycles. The van der Waals surface area contributed by atoms with Gasteiger partial charge in [0.1, 0.15) is 5.52 Å². The number of fused-ring (bicyclic) bond motifs is 2. The van der Waals surface area contributed by atoms with Crippen LogP contribution in [-0.4, -0.2) is 11.5 Å². The summed E-state index contributed by atoms with van der Waals surface area (Å²) in [4.78, 5) is 8.20. The number of nitrogens with zero attached hydrogens (tertiary/aromatic N) is 2. The van der Waals surface area contributed by atoms with Crippen LogP contribution in [0.5, 0.6) is 0 Å². The number of thiophene rings is 1. The molecule has 2 aromatic heterocycles. The molecular formula is C14H11ClN2OS. The Morgan fingerprint density at radius 1 is 1.32 bits per heavy atom. The first kappa shape index (κ1) is 11.3. The first-order valence-corrected chi connectivity index (χ1v) is 7.42. The van der Waals surface area contributed by atoms with Crippen molar-refractivity contribution in [2.45, 2.75) is 13.0 Å². The summed E-state index contributed by atoms with van der Waals surface area (Å²) >= 11 is 7.81. The Balaban J connectivity index is 1.71. The molecule has 3 heterocycles. The van der Waals surface area contributed by atoms with Crippen molar-refractivity contribution < 1.29 is 4.42 Å². The molecule has 3 nitrogen and oxygen atoms in total. The van der Waals surface area contributed by atoms with Crippen LogP contribution in [0.15, 0.2) is 34.1 Å². The van der Waals surface area contributed by atoms with E-state index < -0.39 is 0 Å². The molecule has 0 saturated carbocycles. The van der Waals surface area contributed by atoms with Gasteiger partial charge in [-0.3, -0.25) is 0 Å². The molecular weight excluding hydrogens is 280 g/mol. The molecule has 0 N–H and O–H groups in total. The van der Waals surface area contributed by atoms with Crippen molar-refractivity contribution in [2.24, 2.45) is 0 Å². The maximum atomic E-state index is 5.97. The van der Waals surface area contributed by atoms with E-state index in [1.807, 2.05) is 29.5 Å². The van der Waals surface area contributed by atoms with Crippen LogP contribution in [0.1, 0.15) is 10.4 Å². The van der Waals surface area contributed by atoms with Gasteiger partial charge in [0, 0.05) is 23.0 Å². The van der Waals surface area contributed by atoms with Crippen LogP contribution in [0.2, 0.25) is 5.02 Å². The third-order valence-corrected chi connectivity index (χ3v) is 4.67. The van der Waals surface area contributed by atoms with E-state index in [-0.39, 0.29) is 0 Å². The lowest BCUT2D eigenvalue weighted by Gasteiger charge is -2.25. The number of hydrogen-bond donors (Lipinski definition) is 0. The number of halogens is 1. The van der Waals surface area contributed by atoms with Crippen LogP contribution in [0.3, 0.4) is 0 Å². The molecule has 3 aromatic rings. The molecule has 0 saturated heterocycles. The second-order valence-corrected chi connectivity index (χ2v) is 6.09. The Hall–Kier alpha value is -1.52. The van der Waals surface area contributed by atoms with E-state index in [4.69, 9.17) is 16.0 Å². The number of oxazole rings is 1. The molecule has 4 rings (SSSR count). The lowest BCUT2D eigenvalue weighted by Crippen LogP contribution is -2.29. The minimum Gasteiger partial charge on any atom is -0.423 e. The van der Waals surface area contributed by atoms with Crippen molar-refractivity contribution in [3.8, 4) is 0 Å². The summed E-state index contributed by atoms with van der Waals surface area (Å²) in [5.41, 5.74) is 2.99. The highest BCUT2D eigenvalue weighted by atomic mass is 35.5. The molecule has 0 unspecified atom stereocenters. The van der Waals surface area contributed by atoms with Crippen molar-refractivity contribution in [1.82, 2.24) is 4.98 Å². The number of aromatic nitrogens is 1. The number of rotatable bonds is 1. The highest BCUT2D eigenvalue weighted by Crippen LogP contribution is 2.30. The Morgan fingerprint density at radius 3 is 3.21 bits per heavy atom. The monoisotopic (exact) mass is 290 g/mol. The second-order valence-electron chi connectivity index (χ2n) is 4.65. The predicted octanol–water partition coefficient (Wildman–Crippen LogP) is 4.11. The van der Waals surface area contributed by atoms with Gasteiger partial charge in [-0.1, -0.05) is 11.6 Å². The first-order chi connectivity index (χ1) is 9.29. The maximum Gasteiger partial charge on any atom is 0.298 e. The van der Waals surface area contributed by atoms with Gasteiger partial charge in [-0.15, -0.1) is 11.3 Å². The standard InChI is InChI=1S/C14H11ClN2OS/c15-10-1-2-12-11(7-10)16-14(18-12)17-5-3-13-9(8-17)4-6-19-13/h1-2,4,6-7H,3,5,8H2. The summed E-state index contributed by atoms with van der Waals surface area (Å²) in [6, 6.07) is 8.41. The highest BCUT2D eigenvalue weighted by molar-refractivity contribution is 7.10. The van der Waals surface area contributed by atoms with Crippen LogP contribution in [0.25, 0.3) is 11.1 Å². The summed E-state index contributed by atoms with van der Waals surface area (Å²) in [7, 11) is 0. The molecule has 0 amide bonds. The zero-order chi connectivity index (χ0) is 12.8. The van der Waals surface area contributed by atoms with E-state index in [0.717, 1.165) is 30.6 Å². The van der Waals surface area contributed by atoms with E-state index in [1.54, 1.807) is 0 Å². The fraction of sp³-hybridized carbons (Fsp3) is 0.214. The Morgan fingerprint density at radius 2 is 2.26 bits per heavy atom.